The third-order valence-corrected chi connectivity index (χ3v) is 8.45. The van der Waals surface area contributed by atoms with E-state index in [9.17, 15) is 62.1 Å². The van der Waals surface area contributed by atoms with Crippen molar-refractivity contribution in [1.82, 2.24) is 26.0 Å². The van der Waals surface area contributed by atoms with Gasteiger partial charge < -0.3 is 34.8 Å². The van der Waals surface area contributed by atoms with Crippen LogP contribution in [0.4, 0.5) is 0 Å². The van der Waals surface area contributed by atoms with Crippen LogP contribution in [0.3, 0.4) is 0 Å². The fourth-order valence-corrected chi connectivity index (χ4v) is 5.67. The van der Waals surface area contributed by atoms with E-state index in [0.717, 1.165) is 41.0 Å². The van der Waals surface area contributed by atoms with E-state index >= 15 is 0 Å². The number of amides is 7. The Balaban J connectivity index is 1.85. The van der Waals surface area contributed by atoms with Gasteiger partial charge in [0, 0.05) is 57.2 Å². The van der Waals surface area contributed by atoms with E-state index in [-0.39, 0.29) is 13.1 Å². The first-order valence-corrected chi connectivity index (χ1v) is 18.2. The molecule has 0 bridgehead atoms. The molecule has 3 aliphatic heterocycles. The molecule has 0 aromatic heterocycles. The van der Waals surface area contributed by atoms with E-state index in [2.05, 4.69) is 19.7 Å². The molecule has 7 amide bonds. The number of ether oxygens (including phenoxy) is 3. The SMILES string of the molecule is CC(=O)NC1C(C(C)C)OC(COS(=O)(=O)O)C(O)C1OC(/C=N\NC(=O)CCN1C(=O)C=CC1=O)OC(C(=O)O)C(O)/C=N/NC(=O)CCN1C(=O)C=CC1=O. The van der Waals surface area contributed by atoms with Gasteiger partial charge in [0.25, 0.3) is 23.6 Å². The summed E-state index contributed by atoms with van der Waals surface area (Å²) in [5.41, 5.74) is 4.02. The summed E-state index contributed by atoms with van der Waals surface area (Å²) in [5, 5.41) is 41.6. The lowest BCUT2D eigenvalue weighted by atomic mass is 9.87. The molecule has 0 aromatic carbocycles. The Bertz CT molecular complexity index is 1760. The van der Waals surface area contributed by atoms with Crippen molar-refractivity contribution >= 4 is 70.1 Å². The number of aliphatic hydroxyl groups excluding tert-OH is 2. The van der Waals surface area contributed by atoms with Gasteiger partial charge >= 0.3 is 16.4 Å². The maximum Gasteiger partial charge on any atom is 0.397 e. The second-order valence-corrected chi connectivity index (χ2v) is 13.7. The molecule has 8 atom stereocenters. The van der Waals surface area contributed by atoms with E-state index in [1.807, 2.05) is 10.9 Å². The number of carbonyl (C=O) groups is 8. The fraction of sp³-hybridized carbons (Fsp3) is 0.548. The first kappa shape index (κ1) is 46.0. The molecule has 1 fully saturated rings. The molecule has 0 saturated carbocycles. The minimum atomic E-state index is -5.05. The molecule has 1 saturated heterocycles. The molecule has 314 valence electrons. The number of carbonyl (C=O) groups excluding carboxylic acids is 7. The first-order valence-electron chi connectivity index (χ1n) is 16.8. The van der Waals surface area contributed by atoms with Gasteiger partial charge in [-0.15, -0.1) is 0 Å². The van der Waals surface area contributed by atoms with Crippen LogP contribution in [0.1, 0.15) is 33.6 Å². The van der Waals surface area contributed by atoms with Crippen LogP contribution in [-0.2, 0) is 67.1 Å². The highest BCUT2D eigenvalue weighted by Gasteiger charge is 2.49. The van der Waals surface area contributed by atoms with Gasteiger partial charge in [0.15, 0.2) is 12.4 Å². The summed E-state index contributed by atoms with van der Waals surface area (Å²) in [4.78, 5) is 97.8. The number of nitrogens with zero attached hydrogens (tertiary/aromatic N) is 4. The highest BCUT2D eigenvalue weighted by molar-refractivity contribution is 7.80. The highest BCUT2D eigenvalue weighted by atomic mass is 32.3. The van der Waals surface area contributed by atoms with E-state index < -0.39 is 132 Å². The van der Waals surface area contributed by atoms with Crippen molar-refractivity contribution in [1.29, 1.82) is 0 Å². The molecule has 8 unspecified atom stereocenters. The zero-order valence-electron chi connectivity index (χ0n) is 30.4. The molecule has 0 aromatic rings. The summed E-state index contributed by atoms with van der Waals surface area (Å²) < 4.78 is 53.3. The number of rotatable bonds is 21. The van der Waals surface area contributed by atoms with Crippen molar-refractivity contribution in [2.24, 2.45) is 16.1 Å². The van der Waals surface area contributed by atoms with Gasteiger partial charge in [-0.25, -0.2) is 19.8 Å². The second kappa shape index (κ2) is 20.7. The van der Waals surface area contributed by atoms with Crippen LogP contribution in [0.25, 0.3) is 0 Å². The molecule has 3 heterocycles. The molecule has 3 rings (SSSR count). The van der Waals surface area contributed by atoms with Gasteiger partial charge in [-0.2, -0.15) is 18.6 Å². The lowest BCUT2D eigenvalue weighted by Gasteiger charge is -2.46. The average Bonchev–Trinajstić information content (AvgIpc) is 3.61. The van der Waals surface area contributed by atoms with Gasteiger partial charge in [-0.3, -0.25) is 47.9 Å². The van der Waals surface area contributed by atoms with Gasteiger partial charge in [-0.1, -0.05) is 13.8 Å². The van der Waals surface area contributed by atoms with Crippen LogP contribution in [0.2, 0.25) is 0 Å². The molecule has 0 spiro atoms. The predicted octanol–water partition coefficient (Wildman–Crippen LogP) is -4.53. The largest absolute Gasteiger partial charge is 0.479 e. The summed E-state index contributed by atoms with van der Waals surface area (Å²) in [6, 6.07) is -1.29. The summed E-state index contributed by atoms with van der Waals surface area (Å²) in [6.45, 7) is 2.73. The summed E-state index contributed by atoms with van der Waals surface area (Å²) in [6.07, 6.45) is -8.49. The quantitative estimate of drug-likeness (QED) is 0.0188. The van der Waals surface area contributed by atoms with Crippen molar-refractivity contribution < 1.29 is 85.0 Å². The number of nitrogens with one attached hydrogen (secondary N) is 3. The van der Waals surface area contributed by atoms with Crippen molar-refractivity contribution in [2.75, 3.05) is 19.7 Å². The van der Waals surface area contributed by atoms with Gasteiger partial charge in [0.1, 0.15) is 24.4 Å². The number of hydrazone groups is 2. The zero-order valence-corrected chi connectivity index (χ0v) is 31.2. The molecule has 0 radical (unpaired) electrons. The third-order valence-electron chi connectivity index (χ3n) is 8.02. The molecule has 3 aliphatic rings. The zero-order chi connectivity index (χ0) is 42.6. The lowest BCUT2D eigenvalue weighted by Crippen LogP contribution is -2.66. The Morgan fingerprint density at radius 3 is 1.84 bits per heavy atom. The summed E-state index contributed by atoms with van der Waals surface area (Å²) in [5.74, 6) is -7.33. The Hall–Kier alpha value is -5.35. The average molecular weight is 832 g/mol. The van der Waals surface area contributed by atoms with E-state index in [4.69, 9.17) is 18.8 Å². The fourth-order valence-electron chi connectivity index (χ4n) is 5.37. The monoisotopic (exact) mass is 831 g/mol. The Morgan fingerprint density at radius 1 is 0.912 bits per heavy atom. The Labute approximate surface area is 323 Å². The number of aliphatic carboxylic acids is 1. The third kappa shape index (κ3) is 14.0. The number of carboxylic acid groups (broad SMARTS) is 1. The van der Waals surface area contributed by atoms with Crippen LogP contribution in [0.5, 0.6) is 0 Å². The van der Waals surface area contributed by atoms with Crippen molar-refractivity contribution in [3.63, 3.8) is 0 Å². The predicted molar refractivity (Wildman–Crippen MR) is 186 cm³/mol. The molecule has 7 N–H and O–H groups in total. The number of carboxylic acids is 1. The summed E-state index contributed by atoms with van der Waals surface area (Å²) in [7, 11) is -5.05. The highest BCUT2D eigenvalue weighted by Crippen LogP contribution is 2.29. The maximum atomic E-state index is 12.5. The second-order valence-electron chi connectivity index (χ2n) is 12.6. The van der Waals surface area contributed by atoms with Gasteiger partial charge in [0.05, 0.1) is 31.2 Å². The molecular formula is C31H41N7O18S. The molecule has 57 heavy (non-hydrogen) atoms. The normalized spacial score (nSPS) is 24.2. The number of imide groups is 2. The Morgan fingerprint density at radius 2 is 1.40 bits per heavy atom. The van der Waals surface area contributed by atoms with Crippen LogP contribution in [-0.4, -0.2) is 166 Å². The molecule has 0 aliphatic carbocycles. The van der Waals surface area contributed by atoms with Gasteiger partial charge in [0.2, 0.25) is 17.7 Å². The minimum Gasteiger partial charge on any atom is -0.479 e. The standard InChI is InChI=1S/C31H41N7O18S/c1-15(2)28-26(34-16(3)39)30(27(47)18(54-28)14-53-57(50,51)52)56-25(13-33-36-20(42)9-11-38-23(45)6-7-24(38)46)55-29(31(48)49)17(40)12-32-35-19(41)8-10-37-21(43)4-5-22(37)44/h4-7,12-13,15,17-18,25-30,40,47H,8-11,14H2,1-3H3,(H,34,39)(H,35,41)(H,36,42)(H,48,49)(H,50,51,52)/b32-12+,33-13-. The van der Waals surface area contributed by atoms with E-state index in [1.54, 1.807) is 13.8 Å². The van der Waals surface area contributed by atoms with Crippen molar-refractivity contribution in [2.45, 2.75) is 82.6 Å². The topological polar surface area (TPSA) is 356 Å². The smallest absolute Gasteiger partial charge is 0.397 e. The minimum absolute atomic E-state index is 0.311. The number of hydrogen-bond donors (Lipinski definition) is 7. The van der Waals surface area contributed by atoms with Gasteiger partial charge in [-0.05, 0) is 5.92 Å². The van der Waals surface area contributed by atoms with Crippen LogP contribution in [0.15, 0.2) is 34.5 Å². The van der Waals surface area contributed by atoms with E-state index in [1.165, 1.54) is 0 Å². The van der Waals surface area contributed by atoms with E-state index in [0.29, 0.717) is 12.4 Å². The van der Waals surface area contributed by atoms with Crippen LogP contribution in [0, 0.1) is 5.92 Å². The molecular weight excluding hydrogens is 790 g/mol. The molecule has 26 heteroatoms. The number of hydrogen-bond acceptors (Lipinski definition) is 18. The van der Waals surface area contributed by atoms with Crippen molar-refractivity contribution in [3.8, 4) is 0 Å². The van der Waals surface area contributed by atoms with Crippen molar-refractivity contribution in [3.05, 3.63) is 24.3 Å². The summed E-state index contributed by atoms with van der Waals surface area (Å²) >= 11 is 0. The number of aliphatic hydroxyl groups is 2. The van der Waals surface area contributed by atoms with Crippen LogP contribution < -0.4 is 16.2 Å². The lowest BCUT2D eigenvalue weighted by molar-refractivity contribution is -0.253. The maximum absolute atomic E-state index is 12.5. The first-order chi connectivity index (χ1) is 26.7. The van der Waals surface area contributed by atoms with Crippen LogP contribution >= 0.6 is 0 Å². The Kier molecular flexibility index (Phi) is 16.7. The molecule has 25 nitrogen and oxygen atoms in total.